The predicted molar refractivity (Wildman–Crippen MR) is 154 cm³/mol. The lowest BCUT2D eigenvalue weighted by Gasteiger charge is -2.22. The molecule has 3 aromatic rings. The van der Waals surface area contributed by atoms with Gasteiger partial charge in [0.25, 0.3) is 5.91 Å². The summed E-state index contributed by atoms with van der Waals surface area (Å²) >= 11 is 1.51. The summed E-state index contributed by atoms with van der Waals surface area (Å²) in [5.41, 5.74) is 2.20. The molecule has 0 aliphatic rings. The number of nitrogens with zero attached hydrogens (tertiary/aromatic N) is 3. The molecule has 9 heteroatoms. The molecule has 0 fully saturated rings. The molecule has 0 bridgehead atoms. The molecule has 8 nitrogen and oxygen atoms in total. The highest BCUT2D eigenvalue weighted by Gasteiger charge is 2.28. The summed E-state index contributed by atoms with van der Waals surface area (Å²) in [4.78, 5) is 45.4. The number of benzene rings is 2. The van der Waals surface area contributed by atoms with E-state index in [1.54, 1.807) is 19.3 Å². The van der Waals surface area contributed by atoms with E-state index in [-0.39, 0.29) is 23.9 Å². The molecule has 0 aliphatic heterocycles. The lowest BCUT2D eigenvalue weighted by atomic mass is 9.98. The predicted octanol–water partition coefficient (Wildman–Crippen LogP) is 5.87. The highest BCUT2D eigenvalue weighted by atomic mass is 32.2. The van der Waals surface area contributed by atoms with Crippen LogP contribution in [0.15, 0.2) is 83.9 Å². The van der Waals surface area contributed by atoms with Gasteiger partial charge in [0.15, 0.2) is 0 Å². The quantitative estimate of drug-likeness (QED) is 0.167. The van der Waals surface area contributed by atoms with Crippen LogP contribution in [0, 0.1) is 11.8 Å². The van der Waals surface area contributed by atoms with Crippen molar-refractivity contribution < 1.29 is 19.6 Å². The molecule has 0 saturated heterocycles. The Labute approximate surface area is 234 Å². The molecule has 39 heavy (non-hydrogen) atoms. The second-order valence-corrected chi connectivity index (χ2v) is 10.7. The van der Waals surface area contributed by atoms with Crippen LogP contribution < -0.4 is 10.2 Å². The Bertz CT molecular complexity index is 1220. The van der Waals surface area contributed by atoms with Gasteiger partial charge >= 0.3 is 6.03 Å². The van der Waals surface area contributed by atoms with Crippen LogP contribution in [0.2, 0.25) is 0 Å². The van der Waals surface area contributed by atoms with Crippen molar-refractivity contribution in [2.45, 2.75) is 38.0 Å². The van der Waals surface area contributed by atoms with E-state index in [1.807, 2.05) is 66.7 Å². The van der Waals surface area contributed by atoms with Crippen molar-refractivity contribution >= 4 is 35.3 Å². The Morgan fingerprint density at radius 3 is 2.28 bits per heavy atom. The lowest BCUT2D eigenvalue weighted by molar-refractivity contribution is -0.157. The first-order valence-corrected chi connectivity index (χ1v) is 14.0. The number of anilines is 1. The van der Waals surface area contributed by atoms with Crippen molar-refractivity contribution in [1.82, 2.24) is 15.4 Å². The Kier molecular flexibility index (Phi) is 11.5. The molecule has 1 aromatic heterocycles. The number of hydrogen-bond acceptors (Lipinski definition) is 6. The number of pyridine rings is 1. The van der Waals surface area contributed by atoms with Crippen LogP contribution in [0.4, 0.5) is 10.5 Å². The monoisotopic (exact) mass is 548 g/mol. The maximum absolute atomic E-state index is 13.0. The van der Waals surface area contributed by atoms with Crippen molar-refractivity contribution in [3.63, 3.8) is 0 Å². The zero-order chi connectivity index (χ0) is 28.2. The smallest absolute Gasteiger partial charge is 0.335 e. The van der Waals surface area contributed by atoms with Gasteiger partial charge < -0.3 is 10.2 Å². The van der Waals surface area contributed by atoms with Crippen molar-refractivity contribution in [3.8, 4) is 11.3 Å². The van der Waals surface area contributed by atoms with Gasteiger partial charge in [0.05, 0.1) is 17.3 Å². The summed E-state index contributed by atoms with van der Waals surface area (Å²) < 4.78 is 0. The molecule has 2 N–H and O–H groups in total. The lowest BCUT2D eigenvalue weighted by Crippen LogP contribution is -2.45. The molecular weight excluding hydrogens is 512 g/mol. The van der Waals surface area contributed by atoms with Crippen molar-refractivity contribution in [1.29, 1.82) is 0 Å². The molecule has 1 heterocycles. The van der Waals surface area contributed by atoms with Gasteiger partial charge in [-0.25, -0.2) is 4.79 Å². The summed E-state index contributed by atoms with van der Waals surface area (Å²) in [6.45, 7) is 4.10. The first kappa shape index (κ1) is 29.9. The summed E-state index contributed by atoms with van der Waals surface area (Å²) in [5, 5.41) is 13.0. The fourth-order valence-electron chi connectivity index (χ4n) is 3.94. The summed E-state index contributed by atoms with van der Waals surface area (Å²) in [6.07, 6.45) is 3.00. The minimum atomic E-state index is -0.943. The molecule has 0 spiro atoms. The van der Waals surface area contributed by atoms with E-state index in [0.717, 1.165) is 16.9 Å². The van der Waals surface area contributed by atoms with Gasteiger partial charge in [-0.2, -0.15) is 0 Å². The first-order chi connectivity index (χ1) is 18.8. The van der Waals surface area contributed by atoms with Gasteiger partial charge in [0.1, 0.15) is 0 Å². The Hall–Kier alpha value is -3.69. The van der Waals surface area contributed by atoms with Crippen LogP contribution in [0.25, 0.3) is 11.3 Å². The third-order valence-electron chi connectivity index (χ3n) is 6.22. The molecule has 0 unspecified atom stereocenters. The van der Waals surface area contributed by atoms with Gasteiger partial charge in [-0.15, -0.1) is 16.8 Å². The Morgan fingerprint density at radius 1 is 0.949 bits per heavy atom. The molecule has 1 atom stereocenters. The third kappa shape index (κ3) is 8.94. The number of hydroxylamine groups is 2. The van der Waals surface area contributed by atoms with Gasteiger partial charge in [-0.1, -0.05) is 68.8 Å². The molecule has 0 radical (unpaired) electrons. The van der Waals surface area contributed by atoms with E-state index < -0.39 is 17.9 Å². The summed E-state index contributed by atoms with van der Waals surface area (Å²) in [7, 11) is 1.65. The molecule has 4 amide bonds. The number of nitrogens with one attached hydrogen (secondary N) is 1. The maximum atomic E-state index is 13.0. The Morgan fingerprint density at radius 2 is 1.62 bits per heavy atom. The standard InChI is InChI=1S/C30H36N4O4S/c1-22(2)16-17-24(21-39-25-13-8-5-9-14-25)29(36)34(38)30(37)32-20-18-27(35)33(3)26-15-10-19-31-28(26)23-11-6-4-7-12-23/h4-15,19,22,24,38H,16-18,20-21H2,1-3H3,(H,32,37)/t24-/m1/s1. The summed E-state index contributed by atoms with van der Waals surface area (Å²) in [5.74, 6) is -0.595. The van der Waals surface area contributed by atoms with Crippen LogP contribution in [-0.4, -0.2) is 52.4 Å². The van der Waals surface area contributed by atoms with E-state index in [1.165, 1.54) is 16.7 Å². The van der Waals surface area contributed by atoms with Gasteiger partial charge in [0, 0.05) is 42.4 Å². The van der Waals surface area contributed by atoms with Crippen molar-refractivity contribution in [3.05, 3.63) is 79.0 Å². The van der Waals surface area contributed by atoms with Gasteiger partial charge in [-0.3, -0.25) is 19.8 Å². The highest BCUT2D eigenvalue weighted by molar-refractivity contribution is 7.99. The molecular formula is C30H36N4O4S. The van der Waals surface area contributed by atoms with E-state index in [0.29, 0.717) is 29.5 Å². The van der Waals surface area contributed by atoms with Gasteiger partial charge in [-0.05, 0) is 36.6 Å². The fraction of sp³-hybridized carbons (Fsp3) is 0.333. The maximum Gasteiger partial charge on any atom is 0.348 e. The molecule has 206 valence electrons. The summed E-state index contributed by atoms with van der Waals surface area (Å²) in [6, 6.07) is 21.9. The highest BCUT2D eigenvalue weighted by Crippen LogP contribution is 2.28. The Balaban J connectivity index is 1.55. The molecule has 0 aliphatic carbocycles. The zero-order valence-corrected chi connectivity index (χ0v) is 23.4. The van der Waals surface area contributed by atoms with Crippen LogP contribution in [0.3, 0.4) is 0 Å². The number of carbonyl (C=O) groups is 3. The van der Waals surface area contributed by atoms with E-state index in [4.69, 9.17) is 0 Å². The van der Waals surface area contributed by atoms with Crippen LogP contribution in [-0.2, 0) is 9.59 Å². The first-order valence-electron chi connectivity index (χ1n) is 13.0. The minimum Gasteiger partial charge on any atom is -0.335 e. The van der Waals surface area contributed by atoms with E-state index in [2.05, 4.69) is 24.1 Å². The van der Waals surface area contributed by atoms with Crippen LogP contribution in [0.5, 0.6) is 0 Å². The van der Waals surface area contributed by atoms with Crippen molar-refractivity contribution in [2.24, 2.45) is 11.8 Å². The topological polar surface area (TPSA) is 103 Å². The average molecular weight is 549 g/mol. The number of rotatable bonds is 12. The van der Waals surface area contributed by atoms with Crippen LogP contribution in [0.1, 0.15) is 33.1 Å². The zero-order valence-electron chi connectivity index (χ0n) is 22.6. The molecule has 3 rings (SSSR count). The number of thioether (sulfide) groups is 1. The molecule has 0 saturated carbocycles. The third-order valence-corrected chi connectivity index (χ3v) is 7.40. The second-order valence-electron chi connectivity index (χ2n) is 9.61. The number of carbonyl (C=O) groups excluding carboxylic acids is 3. The fourth-order valence-corrected chi connectivity index (χ4v) is 4.99. The largest absolute Gasteiger partial charge is 0.348 e. The number of hydrogen-bond donors (Lipinski definition) is 2. The average Bonchev–Trinajstić information content (AvgIpc) is 2.96. The van der Waals surface area contributed by atoms with Crippen molar-refractivity contribution in [2.75, 3.05) is 24.2 Å². The van der Waals surface area contributed by atoms with Crippen LogP contribution >= 0.6 is 11.8 Å². The number of aromatic nitrogens is 1. The second kappa shape index (κ2) is 15.0. The normalized spacial score (nSPS) is 11.6. The number of imide groups is 1. The number of urea groups is 1. The number of amides is 4. The minimum absolute atomic E-state index is 0.0198. The SMILES string of the molecule is CC(C)CC[C@H](CSc1ccccc1)C(=O)N(O)C(=O)NCCC(=O)N(C)c1cccnc1-c1ccccc1. The van der Waals surface area contributed by atoms with E-state index >= 15 is 0 Å². The molecule has 2 aromatic carbocycles. The van der Waals surface area contributed by atoms with E-state index in [9.17, 15) is 19.6 Å². The van der Waals surface area contributed by atoms with Gasteiger partial charge in [0.2, 0.25) is 5.91 Å².